The number of hydrogen-bond acceptors (Lipinski definition) is 4. The molecule has 0 bridgehead atoms. The minimum Gasteiger partial charge on any atom is -0.390 e. The van der Waals surface area contributed by atoms with Crippen molar-refractivity contribution in [2.24, 2.45) is 0 Å². The fourth-order valence-electron chi connectivity index (χ4n) is 4.88. The summed E-state index contributed by atoms with van der Waals surface area (Å²) in [7, 11) is 0. The Hall–Kier alpha value is -3.16. The van der Waals surface area contributed by atoms with Crippen molar-refractivity contribution in [3.05, 3.63) is 88.7 Å². The van der Waals surface area contributed by atoms with Crippen molar-refractivity contribution < 1.29 is 18.7 Å². The summed E-state index contributed by atoms with van der Waals surface area (Å²) >= 11 is 0. The van der Waals surface area contributed by atoms with Gasteiger partial charge in [-0.1, -0.05) is 12.1 Å². The maximum Gasteiger partial charge on any atom is 0.217 e. The summed E-state index contributed by atoms with van der Waals surface area (Å²) in [5.41, 5.74) is 6.21. The smallest absolute Gasteiger partial charge is 0.217 e. The normalized spacial score (nSPS) is 16.9. The Morgan fingerprint density at radius 3 is 2.66 bits per heavy atom. The fourth-order valence-corrected chi connectivity index (χ4v) is 4.88. The molecule has 1 heterocycles. The lowest BCUT2D eigenvalue weighted by molar-refractivity contribution is -0.120. The second-order valence-corrected chi connectivity index (χ2v) is 9.31. The molecule has 0 spiro atoms. The van der Waals surface area contributed by atoms with E-state index < -0.39 is 23.8 Å². The zero-order valence-corrected chi connectivity index (χ0v) is 20.0. The quantitative estimate of drug-likeness (QED) is 0.448. The third kappa shape index (κ3) is 6.29. The highest BCUT2D eigenvalue weighted by atomic mass is 19.1. The lowest BCUT2D eigenvalue weighted by atomic mass is 9.85. The van der Waals surface area contributed by atoms with Gasteiger partial charge in [0.05, 0.1) is 12.1 Å². The second kappa shape index (κ2) is 11.1. The largest absolute Gasteiger partial charge is 0.390 e. The summed E-state index contributed by atoms with van der Waals surface area (Å²) in [5.74, 6) is -1.69. The van der Waals surface area contributed by atoms with Crippen LogP contribution in [0.25, 0.3) is 11.1 Å². The molecule has 5 nitrogen and oxygen atoms in total. The fraction of sp³-hybridized carbons (Fsp3) is 0.357. The zero-order valence-electron chi connectivity index (χ0n) is 20.0. The highest BCUT2D eigenvalue weighted by Crippen LogP contribution is 2.34. The number of aromatic nitrogens is 1. The average Bonchev–Trinajstić information content (AvgIpc) is 2.81. The third-order valence-electron chi connectivity index (χ3n) is 6.61. The highest BCUT2D eigenvalue weighted by Gasteiger charge is 2.25. The second-order valence-electron chi connectivity index (χ2n) is 9.31. The Morgan fingerprint density at radius 2 is 1.94 bits per heavy atom. The third-order valence-corrected chi connectivity index (χ3v) is 6.61. The van der Waals surface area contributed by atoms with Crippen LogP contribution in [0.4, 0.5) is 8.78 Å². The van der Waals surface area contributed by atoms with Crippen LogP contribution in [0.3, 0.4) is 0 Å². The van der Waals surface area contributed by atoms with Gasteiger partial charge in [-0.05, 0) is 84.7 Å². The van der Waals surface area contributed by atoms with Crippen LogP contribution in [0, 0.1) is 18.6 Å². The summed E-state index contributed by atoms with van der Waals surface area (Å²) < 4.78 is 27.3. The number of nitrogens with one attached hydrogen (secondary N) is 2. The maximum atomic E-state index is 13.6. The molecule has 2 aromatic carbocycles. The molecule has 7 heteroatoms. The molecule has 3 atom stereocenters. The Morgan fingerprint density at radius 1 is 1.17 bits per heavy atom. The number of pyridine rings is 1. The first-order chi connectivity index (χ1) is 16.8. The van der Waals surface area contributed by atoms with Crippen molar-refractivity contribution in [1.29, 1.82) is 0 Å². The van der Waals surface area contributed by atoms with Gasteiger partial charge < -0.3 is 15.7 Å². The van der Waals surface area contributed by atoms with Crippen LogP contribution in [0.15, 0.2) is 54.9 Å². The summed E-state index contributed by atoms with van der Waals surface area (Å²) in [6.45, 7) is 3.65. The molecule has 0 saturated carbocycles. The average molecular weight is 480 g/mol. The molecule has 0 fully saturated rings. The van der Waals surface area contributed by atoms with Crippen molar-refractivity contribution in [1.82, 2.24) is 15.6 Å². The summed E-state index contributed by atoms with van der Waals surface area (Å²) in [4.78, 5) is 16.0. The zero-order chi connectivity index (χ0) is 24.9. The number of nitrogens with zero attached hydrogens (tertiary/aromatic N) is 1. The van der Waals surface area contributed by atoms with Crippen molar-refractivity contribution in [3.63, 3.8) is 0 Å². The van der Waals surface area contributed by atoms with Crippen LogP contribution in [0.2, 0.25) is 0 Å². The van der Waals surface area contributed by atoms with E-state index in [1.54, 1.807) is 6.20 Å². The summed E-state index contributed by atoms with van der Waals surface area (Å²) in [6.07, 6.45) is 5.79. The van der Waals surface area contributed by atoms with Crippen LogP contribution in [0.5, 0.6) is 0 Å². The Bertz CT molecular complexity index is 1180. The molecule has 1 aliphatic carbocycles. The topological polar surface area (TPSA) is 74.2 Å². The van der Waals surface area contributed by atoms with E-state index in [0.717, 1.165) is 42.0 Å². The van der Waals surface area contributed by atoms with Gasteiger partial charge in [0.1, 0.15) is 11.6 Å². The molecular weight excluding hydrogens is 448 g/mol. The van der Waals surface area contributed by atoms with Crippen LogP contribution in [-0.4, -0.2) is 34.7 Å². The van der Waals surface area contributed by atoms with E-state index in [1.807, 2.05) is 12.3 Å². The first-order valence-electron chi connectivity index (χ1n) is 12.0. The summed E-state index contributed by atoms with van der Waals surface area (Å²) in [6, 6.07) is 11.1. The number of benzene rings is 2. The molecule has 1 unspecified atom stereocenters. The van der Waals surface area contributed by atoms with E-state index in [4.69, 9.17) is 0 Å². The minimum atomic E-state index is -0.945. The van der Waals surface area contributed by atoms with Crippen LogP contribution < -0.4 is 10.6 Å². The highest BCUT2D eigenvalue weighted by molar-refractivity contribution is 5.73. The van der Waals surface area contributed by atoms with Gasteiger partial charge in [-0.3, -0.25) is 9.78 Å². The molecule has 1 aromatic heterocycles. The van der Waals surface area contributed by atoms with Crippen molar-refractivity contribution in [3.8, 4) is 11.1 Å². The molecular formula is C28H31F2N3O2. The first kappa shape index (κ1) is 24.9. The van der Waals surface area contributed by atoms with Crippen molar-refractivity contribution >= 4 is 5.91 Å². The molecule has 0 saturated heterocycles. The lowest BCUT2D eigenvalue weighted by Crippen LogP contribution is -2.48. The Labute approximate surface area is 204 Å². The summed E-state index contributed by atoms with van der Waals surface area (Å²) in [5, 5.41) is 17.1. The molecule has 1 aliphatic rings. The van der Waals surface area contributed by atoms with Gasteiger partial charge in [-0.15, -0.1) is 0 Å². The molecule has 184 valence electrons. The van der Waals surface area contributed by atoms with Gasteiger partial charge >= 0.3 is 0 Å². The lowest BCUT2D eigenvalue weighted by Gasteiger charge is -2.30. The number of aliphatic hydroxyl groups excluding tert-OH is 1. The number of hydrogen-bond donors (Lipinski definition) is 3. The molecule has 1 amide bonds. The number of rotatable bonds is 8. The predicted octanol–water partition coefficient (Wildman–Crippen LogP) is 4.41. The predicted molar refractivity (Wildman–Crippen MR) is 132 cm³/mol. The van der Waals surface area contributed by atoms with Crippen LogP contribution >= 0.6 is 0 Å². The number of halogens is 2. The van der Waals surface area contributed by atoms with Gasteiger partial charge in [-0.2, -0.15) is 0 Å². The van der Waals surface area contributed by atoms with Crippen LogP contribution in [-0.2, 0) is 17.6 Å². The SMILES string of the molecule is CC(=O)N[C@@H](Cc1cc(F)cc(F)c1)[C@H](O)CNC1CCCc2ccc(-c3cnccc3C)cc21. The standard InChI is InChI=1S/C28H31F2N3O2/c1-17-8-9-31-15-25(17)21-7-6-20-4-3-5-26(24(20)13-21)32-16-28(35)27(33-18(2)34)12-19-10-22(29)14-23(30)11-19/h6-11,13-15,26-28,32,35H,3-5,12,16H2,1-2H3,(H,33,34)/t26?,27-,28+/m0/s1. The maximum absolute atomic E-state index is 13.6. The van der Waals surface area contributed by atoms with Crippen molar-refractivity contribution in [2.75, 3.05) is 6.54 Å². The number of amides is 1. The number of fused-ring (bicyclic) bond motifs is 1. The molecule has 35 heavy (non-hydrogen) atoms. The van der Waals surface area contributed by atoms with E-state index in [-0.39, 0.29) is 24.9 Å². The number of carbonyl (C=O) groups is 1. The molecule has 0 radical (unpaired) electrons. The van der Waals surface area contributed by atoms with E-state index in [1.165, 1.54) is 30.2 Å². The number of aryl methyl sites for hydroxylation is 2. The van der Waals surface area contributed by atoms with Gasteiger partial charge in [0.25, 0.3) is 0 Å². The molecule has 0 aliphatic heterocycles. The Balaban J connectivity index is 1.49. The number of aliphatic hydroxyl groups is 1. The van der Waals surface area contributed by atoms with Gasteiger partial charge in [0.2, 0.25) is 5.91 Å². The first-order valence-corrected chi connectivity index (χ1v) is 12.0. The van der Waals surface area contributed by atoms with Crippen LogP contribution in [0.1, 0.15) is 48.1 Å². The number of carbonyl (C=O) groups excluding carboxylic acids is 1. The molecule has 4 rings (SSSR count). The van der Waals surface area contributed by atoms with Gasteiger partial charge in [-0.25, -0.2) is 8.78 Å². The van der Waals surface area contributed by atoms with Gasteiger partial charge in [0.15, 0.2) is 0 Å². The van der Waals surface area contributed by atoms with Crippen molar-refractivity contribution in [2.45, 2.75) is 57.7 Å². The minimum absolute atomic E-state index is 0.0509. The van der Waals surface area contributed by atoms with E-state index >= 15 is 0 Å². The van der Waals surface area contributed by atoms with E-state index in [0.29, 0.717) is 5.56 Å². The molecule has 3 aromatic rings. The molecule has 3 N–H and O–H groups in total. The Kier molecular flexibility index (Phi) is 7.88. The monoisotopic (exact) mass is 479 g/mol. The van der Waals surface area contributed by atoms with Gasteiger partial charge in [0, 0.05) is 43.5 Å². The van der Waals surface area contributed by atoms with E-state index in [2.05, 4.69) is 40.7 Å². The van der Waals surface area contributed by atoms with E-state index in [9.17, 15) is 18.7 Å².